The van der Waals surface area contributed by atoms with Crippen molar-refractivity contribution in [2.24, 2.45) is 0 Å². The van der Waals surface area contributed by atoms with Crippen molar-refractivity contribution in [2.45, 2.75) is 32.6 Å². The lowest BCUT2D eigenvalue weighted by Crippen LogP contribution is -2.33. The molecule has 1 amide bonds. The Hall–Kier alpha value is -1.88. The molecule has 1 saturated heterocycles. The second kappa shape index (κ2) is 8.54. The highest BCUT2D eigenvalue weighted by atomic mass is 16.5. The summed E-state index contributed by atoms with van der Waals surface area (Å²) in [5, 5.41) is 2.88. The number of hydrogen-bond donors (Lipinski definition) is 1. The van der Waals surface area contributed by atoms with E-state index in [0.29, 0.717) is 24.4 Å². The fourth-order valence-electron chi connectivity index (χ4n) is 2.60. The van der Waals surface area contributed by atoms with Crippen molar-refractivity contribution >= 4 is 17.6 Å². The smallest absolute Gasteiger partial charge is 0.338 e. The van der Waals surface area contributed by atoms with Crippen molar-refractivity contribution in [1.82, 2.24) is 4.90 Å². The molecule has 1 aliphatic heterocycles. The molecule has 0 aromatic heterocycles. The third-order valence-corrected chi connectivity index (χ3v) is 3.75. The summed E-state index contributed by atoms with van der Waals surface area (Å²) in [4.78, 5) is 25.8. The molecule has 1 aliphatic rings. The first-order chi connectivity index (χ1) is 10.7. The molecule has 0 atom stereocenters. The average molecular weight is 304 g/mol. The lowest BCUT2D eigenvalue weighted by atomic mass is 10.2. The Kier molecular flexibility index (Phi) is 6.40. The zero-order valence-corrected chi connectivity index (χ0v) is 13.1. The first kappa shape index (κ1) is 16.5. The number of esters is 1. The molecule has 5 nitrogen and oxygen atoms in total. The van der Waals surface area contributed by atoms with Crippen LogP contribution >= 0.6 is 0 Å². The predicted molar refractivity (Wildman–Crippen MR) is 85.9 cm³/mol. The Balaban J connectivity index is 1.84. The molecule has 120 valence electrons. The second-order valence-corrected chi connectivity index (χ2v) is 5.54. The van der Waals surface area contributed by atoms with Gasteiger partial charge in [0.15, 0.2) is 0 Å². The Morgan fingerprint density at radius 3 is 2.32 bits per heavy atom. The fraction of sp³-hybridized carbons (Fsp3) is 0.529. The van der Waals surface area contributed by atoms with Crippen LogP contribution in [-0.2, 0) is 9.53 Å². The van der Waals surface area contributed by atoms with Crippen LogP contribution < -0.4 is 5.32 Å². The molecule has 2 rings (SSSR count). The predicted octanol–water partition coefficient (Wildman–Crippen LogP) is 2.68. The number of ether oxygens (including phenoxy) is 1. The Morgan fingerprint density at radius 1 is 1.09 bits per heavy atom. The molecule has 1 aromatic rings. The highest BCUT2D eigenvalue weighted by Crippen LogP contribution is 2.12. The van der Waals surface area contributed by atoms with E-state index >= 15 is 0 Å². The van der Waals surface area contributed by atoms with Gasteiger partial charge in [-0.1, -0.05) is 12.8 Å². The van der Waals surface area contributed by atoms with Crippen molar-refractivity contribution < 1.29 is 14.3 Å². The molecule has 1 N–H and O–H groups in total. The minimum Gasteiger partial charge on any atom is -0.462 e. The summed E-state index contributed by atoms with van der Waals surface area (Å²) < 4.78 is 4.93. The van der Waals surface area contributed by atoms with Gasteiger partial charge in [0, 0.05) is 5.69 Å². The van der Waals surface area contributed by atoms with Crippen molar-refractivity contribution in [1.29, 1.82) is 0 Å². The maximum atomic E-state index is 12.1. The summed E-state index contributed by atoms with van der Waals surface area (Å²) in [6, 6.07) is 6.79. The van der Waals surface area contributed by atoms with Gasteiger partial charge in [-0.3, -0.25) is 9.69 Å². The third-order valence-electron chi connectivity index (χ3n) is 3.75. The molecule has 1 fully saturated rings. The minimum atomic E-state index is -0.343. The van der Waals surface area contributed by atoms with Gasteiger partial charge in [-0.2, -0.15) is 0 Å². The zero-order chi connectivity index (χ0) is 15.8. The number of nitrogens with one attached hydrogen (secondary N) is 1. The Labute approximate surface area is 131 Å². The monoisotopic (exact) mass is 304 g/mol. The van der Waals surface area contributed by atoms with Crippen LogP contribution in [0.2, 0.25) is 0 Å². The minimum absolute atomic E-state index is 0.00853. The lowest BCUT2D eigenvalue weighted by Gasteiger charge is -2.19. The molecule has 0 saturated carbocycles. The highest BCUT2D eigenvalue weighted by molar-refractivity contribution is 5.94. The Bertz CT molecular complexity index is 491. The lowest BCUT2D eigenvalue weighted by molar-refractivity contribution is -0.117. The number of anilines is 1. The second-order valence-electron chi connectivity index (χ2n) is 5.54. The van der Waals surface area contributed by atoms with Crippen molar-refractivity contribution in [3.63, 3.8) is 0 Å². The number of hydrogen-bond acceptors (Lipinski definition) is 4. The quantitative estimate of drug-likeness (QED) is 0.850. The number of amides is 1. The van der Waals surface area contributed by atoms with Gasteiger partial charge >= 0.3 is 5.97 Å². The largest absolute Gasteiger partial charge is 0.462 e. The highest BCUT2D eigenvalue weighted by Gasteiger charge is 2.13. The standard InChI is InChI=1S/C17H24N2O3/c1-2-22-17(21)14-7-9-15(10-8-14)18-16(20)13-19-11-5-3-4-6-12-19/h7-10H,2-6,11-13H2,1H3,(H,18,20). The first-order valence-electron chi connectivity index (χ1n) is 7.98. The molecular formula is C17H24N2O3. The number of carbonyl (C=O) groups excluding carboxylic acids is 2. The van der Waals surface area contributed by atoms with E-state index in [4.69, 9.17) is 4.74 Å². The molecule has 1 heterocycles. The molecule has 0 radical (unpaired) electrons. The Morgan fingerprint density at radius 2 is 1.73 bits per heavy atom. The van der Waals surface area contributed by atoms with Crippen LogP contribution in [0.3, 0.4) is 0 Å². The van der Waals surface area contributed by atoms with Crippen LogP contribution in [0.15, 0.2) is 24.3 Å². The zero-order valence-electron chi connectivity index (χ0n) is 13.1. The van der Waals surface area contributed by atoms with Crippen molar-refractivity contribution in [2.75, 3.05) is 31.6 Å². The topological polar surface area (TPSA) is 58.6 Å². The van der Waals surface area contributed by atoms with Gasteiger partial charge in [0.05, 0.1) is 18.7 Å². The van der Waals surface area contributed by atoms with Gasteiger partial charge in [-0.25, -0.2) is 4.79 Å². The number of likely N-dealkylation sites (tertiary alicyclic amines) is 1. The molecule has 0 aliphatic carbocycles. The summed E-state index contributed by atoms with van der Waals surface area (Å²) in [6.07, 6.45) is 4.85. The van der Waals surface area contributed by atoms with E-state index in [0.717, 1.165) is 13.1 Å². The summed E-state index contributed by atoms with van der Waals surface area (Å²) in [5.74, 6) is -0.351. The van der Waals surface area contributed by atoms with Crippen LogP contribution in [0.1, 0.15) is 43.0 Å². The van der Waals surface area contributed by atoms with Gasteiger partial charge < -0.3 is 10.1 Å². The number of benzene rings is 1. The van der Waals surface area contributed by atoms with Gasteiger partial charge in [0.25, 0.3) is 0 Å². The van der Waals surface area contributed by atoms with E-state index in [9.17, 15) is 9.59 Å². The summed E-state index contributed by atoms with van der Waals surface area (Å²) in [6.45, 7) is 4.55. The molecule has 22 heavy (non-hydrogen) atoms. The van der Waals surface area contributed by atoms with E-state index in [1.54, 1.807) is 31.2 Å². The van der Waals surface area contributed by atoms with Crippen LogP contribution in [0, 0.1) is 0 Å². The van der Waals surface area contributed by atoms with Crippen LogP contribution in [0.4, 0.5) is 5.69 Å². The normalized spacial score (nSPS) is 15.9. The van der Waals surface area contributed by atoms with Crippen molar-refractivity contribution in [3.05, 3.63) is 29.8 Å². The number of carbonyl (C=O) groups is 2. The van der Waals surface area contributed by atoms with Crippen LogP contribution in [0.5, 0.6) is 0 Å². The van der Waals surface area contributed by atoms with E-state index in [1.165, 1.54) is 25.7 Å². The molecule has 1 aromatic carbocycles. The van der Waals surface area contributed by atoms with E-state index in [2.05, 4.69) is 10.2 Å². The number of rotatable bonds is 5. The summed E-state index contributed by atoms with van der Waals surface area (Å²) in [7, 11) is 0. The molecule has 0 spiro atoms. The number of nitrogens with zero attached hydrogens (tertiary/aromatic N) is 1. The maximum Gasteiger partial charge on any atom is 0.338 e. The maximum absolute atomic E-state index is 12.1. The third kappa shape index (κ3) is 5.15. The van der Waals surface area contributed by atoms with E-state index < -0.39 is 0 Å². The van der Waals surface area contributed by atoms with E-state index in [1.807, 2.05) is 0 Å². The van der Waals surface area contributed by atoms with Crippen LogP contribution in [-0.4, -0.2) is 43.0 Å². The van der Waals surface area contributed by atoms with Gasteiger partial charge in [-0.15, -0.1) is 0 Å². The fourth-order valence-corrected chi connectivity index (χ4v) is 2.60. The summed E-state index contributed by atoms with van der Waals surface area (Å²) >= 11 is 0. The average Bonchev–Trinajstić information content (AvgIpc) is 2.77. The molecule has 5 heteroatoms. The van der Waals surface area contributed by atoms with Gasteiger partial charge in [0.2, 0.25) is 5.91 Å². The van der Waals surface area contributed by atoms with Crippen molar-refractivity contribution in [3.8, 4) is 0 Å². The summed E-state index contributed by atoms with van der Waals surface area (Å²) in [5.41, 5.74) is 1.19. The molecule has 0 unspecified atom stereocenters. The molecule has 0 bridgehead atoms. The SMILES string of the molecule is CCOC(=O)c1ccc(NC(=O)CN2CCCCCC2)cc1. The molecular weight excluding hydrogens is 280 g/mol. The van der Waals surface area contributed by atoms with Crippen LogP contribution in [0.25, 0.3) is 0 Å². The van der Waals surface area contributed by atoms with E-state index in [-0.39, 0.29) is 11.9 Å². The van der Waals surface area contributed by atoms with Gasteiger partial charge in [0.1, 0.15) is 0 Å². The van der Waals surface area contributed by atoms with Gasteiger partial charge in [-0.05, 0) is 57.1 Å². The first-order valence-corrected chi connectivity index (χ1v) is 7.98.